The molecular weight excluding hydrogens is 337 g/mol. The number of rotatable bonds is 6. The van der Waals surface area contributed by atoms with Crippen LogP contribution in [0.5, 0.6) is 17.2 Å². The summed E-state index contributed by atoms with van der Waals surface area (Å²) in [6, 6.07) is 8.16. The lowest BCUT2D eigenvalue weighted by Gasteiger charge is -2.21. The molecular formula is C16H18FNO5S. The minimum absolute atomic E-state index is 0.0253. The van der Waals surface area contributed by atoms with E-state index >= 15 is 0 Å². The highest BCUT2D eigenvalue weighted by Crippen LogP contribution is 2.33. The van der Waals surface area contributed by atoms with Crippen LogP contribution >= 0.6 is 0 Å². The van der Waals surface area contributed by atoms with E-state index in [2.05, 4.69) is 0 Å². The summed E-state index contributed by atoms with van der Waals surface area (Å²) < 4.78 is 55.3. The maximum Gasteiger partial charge on any atom is 0.264 e. The summed E-state index contributed by atoms with van der Waals surface area (Å²) in [6.45, 7) is 0. The van der Waals surface area contributed by atoms with Gasteiger partial charge in [0.2, 0.25) is 0 Å². The summed E-state index contributed by atoms with van der Waals surface area (Å²) >= 11 is 0. The molecule has 2 aromatic rings. The number of ether oxygens (including phenoxy) is 3. The van der Waals surface area contributed by atoms with Crippen LogP contribution in [-0.2, 0) is 10.0 Å². The third kappa shape index (κ3) is 3.23. The molecule has 0 bridgehead atoms. The molecule has 0 saturated carbocycles. The number of hydrogen-bond acceptors (Lipinski definition) is 5. The van der Waals surface area contributed by atoms with Crippen molar-refractivity contribution in [2.45, 2.75) is 4.90 Å². The quantitative estimate of drug-likeness (QED) is 0.797. The van der Waals surface area contributed by atoms with Crippen LogP contribution in [0.4, 0.5) is 10.1 Å². The van der Waals surface area contributed by atoms with Crippen LogP contribution in [0.2, 0.25) is 0 Å². The highest BCUT2D eigenvalue weighted by Gasteiger charge is 2.23. The van der Waals surface area contributed by atoms with E-state index in [1.165, 1.54) is 46.6 Å². The Balaban J connectivity index is 2.44. The Labute approximate surface area is 140 Å². The van der Waals surface area contributed by atoms with E-state index < -0.39 is 15.8 Å². The van der Waals surface area contributed by atoms with Crippen LogP contribution in [0, 0.1) is 5.82 Å². The summed E-state index contributed by atoms with van der Waals surface area (Å²) in [4.78, 5) is -0.182. The van der Waals surface area contributed by atoms with Gasteiger partial charge in [0.05, 0.1) is 31.9 Å². The van der Waals surface area contributed by atoms with Gasteiger partial charge in [0.1, 0.15) is 0 Å². The van der Waals surface area contributed by atoms with Crippen molar-refractivity contribution in [2.75, 3.05) is 32.7 Å². The number of halogens is 1. The van der Waals surface area contributed by atoms with Gasteiger partial charge in [-0.25, -0.2) is 12.8 Å². The van der Waals surface area contributed by atoms with Crippen molar-refractivity contribution < 1.29 is 27.0 Å². The third-order valence-corrected chi connectivity index (χ3v) is 5.29. The first-order valence-electron chi connectivity index (χ1n) is 6.89. The van der Waals surface area contributed by atoms with Gasteiger partial charge >= 0.3 is 0 Å². The van der Waals surface area contributed by atoms with Gasteiger partial charge < -0.3 is 14.2 Å². The molecule has 0 aliphatic heterocycles. The molecule has 0 saturated heterocycles. The minimum Gasteiger partial charge on any atom is -0.494 e. The summed E-state index contributed by atoms with van der Waals surface area (Å²) in [5.41, 5.74) is 0.351. The summed E-state index contributed by atoms with van der Waals surface area (Å²) in [6.07, 6.45) is 0. The van der Waals surface area contributed by atoms with Crippen LogP contribution in [0.1, 0.15) is 0 Å². The van der Waals surface area contributed by atoms with Crippen molar-refractivity contribution in [3.05, 3.63) is 42.2 Å². The SMILES string of the molecule is COc1ccc(S(=O)(=O)N(C)c2ccc(OC)c(OC)c2)cc1F. The Morgan fingerprint density at radius 1 is 0.875 bits per heavy atom. The number of benzene rings is 2. The summed E-state index contributed by atoms with van der Waals surface area (Å²) in [5.74, 6) is 0.0857. The van der Waals surface area contributed by atoms with E-state index in [4.69, 9.17) is 14.2 Å². The van der Waals surface area contributed by atoms with Crippen molar-refractivity contribution in [3.8, 4) is 17.2 Å². The van der Waals surface area contributed by atoms with Gasteiger partial charge in [0, 0.05) is 13.1 Å². The van der Waals surface area contributed by atoms with Crippen molar-refractivity contribution in [2.24, 2.45) is 0 Å². The molecule has 0 aliphatic carbocycles. The van der Waals surface area contributed by atoms with Crippen LogP contribution in [-0.4, -0.2) is 36.8 Å². The molecule has 0 aromatic heterocycles. The predicted molar refractivity (Wildman–Crippen MR) is 88.1 cm³/mol. The number of methoxy groups -OCH3 is 3. The molecule has 0 amide bonds. The normalized spacial score (nSPS) is 11.0. The molecule has 0 unspecified atom stereocenters. The van der Waals surface area contributed by atoms with E-state index in [1.54, 1.807) is 12.1 Å². The first kappa shape index (κ1) is 17.9. The first-order chi connectivity index (χ1) is 11.3. The van der Waals surface area contributed by atoms with Crippen molar-refractivity contribution in [1.82, 2.24) is 0 Å². The third-order valence-electron chi connectivity index (χ3n) is 3.51. The Kier molecular flexibility index (Phi) is 5.18. The second-order valence-electron chi connectivity index (χ2n) is 4.81. The van der Waals surface area contributed by atoms with Gasteiger partial charge in [-0.2, -0.15) is 0 Å². The fourth-order valence-electron chi connectivity index (χ4n) is 2.13. The average molecular weight is 355 g/mol. The molecule has 0 fully saturated rings. The maximum atomic E-state index is 13.8. The summed E-state index contributed by atoms with van der Waals surface area (Å²) in [5, 5.41) is 0. The number of sulfonamides is 1. The number of nitrogens with zero attached hydrogens (tertiary/aromatic N) is 1. The molecule has 0 radical (unpaired) electrons. The molecule has 130 valence electrons. The zero-order valence-corrected chi connectivity index (χ0v) is 14.6. The Morgan fingerprint density at radius 2 is 1.46 bits per heavy atom. The van der Waals surface area contributed by atoms with E-state index in [9.17, 15) is 12.8 Å². The molecule has 0 aliphatic rings. The lowest BCUT2D eigenvalue weighted by atomic mass is 10.3. The monoisotopic (exact) mass is 355 g/mol. The largest absolute Gasteiger partial charge is 0.494 e. The summed E-state index contributed by atoms with van der Waals surface area (Å²) in [7, 11) is 1.68. The Morgan fingerprint density at radius 3 is 2.00 bits per heavy atom. The van der Waals surface area contributed by atoms with Crippen molar-refractivity contribution in [1.29, 1.82) is 0 Å². The van der Waals surface area contributed by atoms with Crippen LogP contribution in [0.25, 0.3) is 0 Å². The lowest BCUT2D eigenvalue weighted by Crippen LogP contribution is -2.26. The van der Waals surface area contributed by atoms with Gasteiger partial charge in [-0.15, -0.1) is 0 Å². The smallest absolute Gasteiger partial charge is 0.264 e. The average Bonchev–Trinajstić information content (AvgIpc) is 2.60. The molecule has 2 aromatic carbocycles. The van der Waals surface area contributed by atoms with Crippen LogP contribution < -0.4 is 18.5 Å². The molecule has 6 nitrogen and oxygen atoms in total. The molecule has 2 rings (SSSR count). The lowest BCUT2D eigenvalue weighted by molar-refractivity contribution is 0.355. The second-order valence-corrected chi connectivity index (χ2v) is 6.78. The maximum absolute atomic E-state index is 13.8. The van der Waals surface area contributed by atoms with E-state index in [0.29, 0.717) is 17.2 Å². The zero-order valence-electron chi connectivity index (χ0n) is 13.7. The second kappa shape index (κ2) is 6.96. The Hall–Kier alpha value is -2.48. The van der Waals surface area contributed by atoms with Gasteiger partial charge in [0.25, 0.3) is 10.0 Å². The molecule has 0 atom stereocenters. The zero-order chi connectivity index (χ0) is 17.9. The van der Waals surface area contributed by atoms with Crippen molar-refractivity contribution >= 4 is 15.7 Å². The topological polar surface area (TPSA) is 65.1 Å². The number of hydrogen-bond donors (Lipinski definition) is 0. The highest BCUT2D eigenvalue weighted by molar-refractivity contribution is 7.92. The standard InChI is InChI=1S/C16H18FNO5S/c1-18(11-5-7-15(22-3)16(9-11)23-4)24(19,20)12-6-8-14(21-2)13(17)10-12/h5-10H,1-4H3. The van der Waals surface area contributed by atoms with Crippen LogP contribution in [0.3, 0.4) is 0 Å². The van der Waals surface area contributed by atoms with Gasteiger partial charge in [-0.1, -0.05) is 0 Å². The number of anilines is 1. The Bertz CT molecular complexity index is 838. The highest BCUT2D eigenvalue weighted by atomic mass is 32.2. The minimum atomic E-state index is -3.94. The van der Waals surface area contributed by atoms with E-state index in [-0.39, 0.29) is 10.6 Å². The first-order valence-corrected chi connectivity index (χ1v) is 8.33. The molecule has 0 spiro atoms. The van der Waals surface area contributed by atoms with Gasteiger partial charge in [-0.3, -0.25) is 4.31 Å². The van der Waals surface area contributed by atoms with Gasteiger partial charge in [0.15, 0.2) is 23.1 Å². The fourth-order valence-corrected chi connectivity index (χ4v) is 3.32. The van der Waals surface area contributed by atoms with Crippen molar-refractivity contribution in [3.63, 3.8) is 0 Å². The molecule has 8 heteroatoms. The van der Waals surface area contributed by atoms with E-state index in [1.807, 2.05) is 0 Å². The van der Waals surface area contributed by atoms with E-state index in [0.717, 1.165) is 10.4 Å². The van der Waals surface area contributed by atoms with Crippen LogP contribution in [0.15, 0.2) is 41.3 Å². The fraction of sp³-hybridized carbons (Fsp3) is 0.250. The van der Waals surface area contributed by atoms with Gasteiger partial charge in [-0.05, 0) is 30.3 Å². The molecule has 0 heterocycles. The molecule has 0 N–H and O–H groups in total. The predicted octanol–water partition coefficient (Wildman–Crippen LogP) is 2.68. The molecule has 24 heavy (non-hydrogen) atoms.